The van der Waals surface area contributed by atoms with Crippen molar-refractivity contribution in [3.8, 4) is 17.2 Å². The predicted octanol–water partition coefficient (Wildman–Crippen LogP) is 3.46. The zero-order valence-electron chi connectivity index (χ0n) is 16.0. The lowest BCUT2D eigenvalue weighted by atomic mass is 9.95. The van der Waals surface area contributed by atoms with Crippen LogP contribution in [0.2, 0.25) is 0 Å². The molecule has 0 atom stereocenters. The van der Waals surface area contributed by atoms with Gasteiger partial charge in [0.05, 0.1) is 29.9 Å². The van der Waals surface area contributed by atoms with E-state index in [1.54, 1.807) is 12.3 Å². The molecule has 2 aromatic carbocycles. The lowest BCUT2D eigenvalue weighted by Crippen LogP contribution is -2.22. The molecule has 1 aliphatic rings. The van der Waals surface area contributed by atoms with Crippen LogP contribution in [0.25, 0.3) is 22.0 Å². The van der Waals surface area contributed by atoms with Crippen molar-refractivity contribution in [1.82, 2.24) is 9.88 Å². The number of hydrogen-bond acceptors (Lipinski definition) is 5. The maximum Gasteiger partial charge on any atom is 0.259 e. The number of nitrogens with one attached hydrogen (secondary N) is 1. The minimum atomic E-state index is -0.600. The van der Waals surface area contributed by atoms with E-state index in [0.717, 1.165) is 5.52 Å². The smallest absolute Gasteiger partial charge is 0.259 e. The number of carbonyl (C=O) groups excluding carboxylic acids is 2. The molecule has 2 N–H and O–H groups in total. The number of alkyl halides is 1. The Bertz CT molecular complexity index is 1220. The van der Waals surface area contributed by atoms with Gasteiger partial charge in [-0.25, -0.2) is 4.39 Å². The number of fused-ring (bicyclic) bond motifs is 1. The van der Waals surface area contributed by atoms with Gasteiger partial charge in [-0.15, -0.1) is 0 Å². The second-order valence-electron chi connectivity index (χ2n) is 6.56. The third-order valence-corrected chi connectivity index (χ3v) is 5.68. The average molecular weight is 522 g/mol. The van der Waals surface area contributed by atoms with Crippen molar-refractivity contribution >= 4 is 56.5 Å². The Morgan fingerprint density at radius 3 is 2.30 bits per heavy atom. The lowest BCUT2D eigenvalue weighted by molar-refractivity contribution is -0.122. The number of aromatic hydroxyl groups is 1. The monoisotopic (exact) mass is 522 g/mol. The zero-order chi connectivity index (χ0) is 21.6. The Labute approximate surface area is 184 Å². The first kappa shape index (κ1) is 20.2. The van der Waals surface area contributed by atoms with E-state index in [0.29, 0.717) is 21.1 Å². The molecule has 0 radical (unpaired) electrons. The van der Waals surface area contributed by atoms with Gasteiger partial charge >= 0.3 is 0 Å². The molecule has 154 valence electrons. The minimum absolute atomic E-state index is 0.0871. The first-order valence-electron chi connectivity index (χ1n) is 8.79. The van der Waals surface area contributed by atoms with Crippen LogP contribution >= 0.6 is 22.6 Å². The number of benzene rings is 2. The molecule has 0 bridgehead atoms. The lowest BCUT2D eigenvalue weighted by Gasteiger charge is -2.12. The molecule has 9 heteroatoms. The van der Waals surface area contributed by atoms with Gasteiger partial charge in [-0.2, -0.15) is 0 Å². The van der Waals surface area contributed by atoms with Crippen molar-refractivity contribution in [2.45, 2.75) is 4.55 Å². The van der Waals surface area contributed by atoms with Crippen LogP contribution in [0.3, 0.4) is 0 Å². The standard InChI is InChI=1S/C21H16FIN2O5/c1-29-15-5-10(6-16(30-2)19(15)26)17-18(21(28)24-20(17)27)13-8-25(9-23)14-4-3-11(22)7-12(13)14/h3-8,26H,9H2,1-2H3,(H,24,27,28). The SMILES string of the molecule is COc1cc(C2=C(c3cn(CI)c4ccc(F)cc34)C(=O)NC2=O)cc(OC)c1O. The van der Waals surface area contributed by atoms with E-state index in [4.69, 9.17) is 9.47 Å². The minimum Gasteiger partial charge on any atom is -0.502 e. The maximum absolute atomic E-state index is 14.0. The molecule has 2 amide bonds. The van der Waals surface area contributed by atoms with Crippen LogP contribution in [-0.4, -0.2) is 35.7 Å². The molecule has 1 aliphatic heterocycles. The van der Waals surface area contributed by atoms with Crippen molar-refractivity contribution in [3.63, 3.8) is 0 Å². The number of aromatic nitrogens is 1. The number of halogens is 2. The number of amides is 2. The van der Waals surface area contributed by atoms with Crippen LogP contribution in [0, 0.1) is 5.82 Å². The van der Waals surface area contributed by atoms with Gasteiger partial charge in [-0.05, 0) is 35.9 Å². The highest BCUT2D eigenvalue weighted by Gasteiger charge is 2.35. The number of phenols is 1. The highest BCUT2D eigenvalue weighted by Crippen LogP contribution is 2.42. The first-order chi connectivity index (χ1) is 14.4. The van der Waals surface area contributed by atoms with Gasteiger partial charge in [-0.1, -0.05) is 22.6 Å². The molecular formula is C21H16FIN2O5. The zero-order valence-corrected chi connectivity index (χ0v) is 18.1. The molecule has 7 nitrogen and oxygen atoms in total. The van der Waals surface area contributed by atoms with Crippen molar-refractivity contribution in [2.24, 2.45) is 0 Å². The van der Waals surface area contributed by atoms with Crippen LogP contribution in [-0.2, 0) is 14.1 Å². The van der Waals surface area contributed by atoms with Crippen molar-refractivity contribution in [1.29, 1.82) is 0 Å². The topological polar surface area (TPSA) is 89.8 Å². The molecule has 2 heterocycles. The molecule has 4 rings (SSSR count). The van der Waals surface area contributed by atoms with Crippen molar-refractivity contribution in [3.05, 3.63) is 53.5 Å². The quantitative estimate of drug-likeness (QED) is 0.305. The van der Waals surface area contributed by atoms with Crippen molar-refractivity contribution in [2.75, 3.05) is 14.2 Å². The Balaban J connectivity index is 2.05. The fourth-order valence-electron chi connectivity index (χ4n) is 3.59. The van der Waals surface area contributed by atoms with E-state index in [2.05, 4.69) is 27.9 Å². The van der Waals surface area contributed by atoms with Gasteiger partial charge in [0, 0.05) is 22.7 Å². The third-order valence-electron chi connectivity index (χ3n) is 4.94. The second-order valence-corrected chi connectivity index (χ2v) is 7.24. The Morgan fingerprint density at radius 1 is 1.07 bits per heavy atom. The van der Waals surface area contributed by atoms with E-state index in [9.17, 15) is 19.1 Å². The summed E-state index contributed by atoms with van der Waals surface area (Å²) in [5.74, 6) is -1.68. The molecular weight excluding hydrogens is 506 g/mol. The van der Waals surface area contributed by atoms with E-state index in [1.165, 1.54) is 38.5 Å². The van der Waals surface area contributed by atoms with Crippen LogP contribution < -0.4 is 14.8 Å². The predicted molar refractivity (Wildman–Crippen MR) is 117 cm³/mol. The van der Waals surface area contributed by atoms with Crippen LogP contribution in [0.4, 0.5) is 4.39 Å². The van der Waals surface area contributed by atoms with E-state index in [1.807, 2.05) is 4.57 Å². The number of methoxy groups -OCH3 is 2. The Kier molecular flexibility index (Phi) is 5.14. The summed E-state index contributed by atoms with van der Waals surface area (Å²) in [7, 11) is 2.73. The van der Waals surface area contributed by atoms with Gasteiger partial charge in [-0.3, -0.25) is 14.9 Å². The number of phenolic OH excluding ortho intramolecular Hbond substituents is 1. The van der Waals surface area contributed by atoms with Crippen LogP contribution in [0.1, 0.15) is 11.1 Å². The molecule has 1 aromatic heterocycles. The molecule has 0 spiro atoms. The number of nitrogens with zero attached hydrogens (tertiary/aromatic N) is 1. The summed E-state index contributed by atoms with van der Waals surface area (Å²) in [6.45, 7) is 0. The van der Waals surface area contributed by atoms with Gasteiger partial charge < -0.3 is 19.1 Å². The van der Waals surface area contributed by atoms with E-state index in [-0.39, 0.29) is 28.4 Å². The normalized spacial score (nSPS) is 13.9. The van der Waals surface area contributed by atoms with E-state index < -0.39 is 17.6 Å². The Hall–Kier alpha value is -3.08. The summed E-state index contributed by atoms with van der Waals surface area (Å²) < 4.78 is 26.8. The fourth-order valence-corrected chi connectivity index (χ4v) is 4.16. The fraction of sp³-hybridized carbons (Fsp3) is 0.143. The maximum atomic E-state index is 14.0. The molecule has 0 saturated carbocycles. The number of imide groups is 1. The largest absolute Gasteiger partial charge is 0.502 e. The van der Waals surface area contributed by atoms with Crippen LogP contribution in [0.5, 0.6) is 17.2 Å². The average Bonchev–Trinajstić information content (AvgIpc) is 3.23. The highest BCUT2D eigenvalue weighted by molar-refractivity contribution is 14.1. The van der Waals surface area contributed by atoms with Gasteiger partial charge in [0.25, 0.3) is 11.8 Å². The number of hydrogen-bond donors (Lipinski definition) is 2. The van der Waals surface area contributed by atoms with Crippen LogP contribution in [0.15, 0.2) is 36.5 Å². The number of carbonyl (C=O) groups is 2. The summed E-state index contributed by atoms with van der Waals surface area (Å²) in [5, 5.41) is 13.0. The first-order valence-corrected chi connectivity index (χ1v) is 10.3. The van der Waals surface area contributed by atoms with Crippen molar-refractivity contribution < 1.29 is 28.6 Å². The summed E-state index contributed by atoms with van der Waals surface area (Å²) in [6.07, 6.45) is 1.72. The number of ether oxygens (including phenoxy) is 2. The molecule has 0 saturated heterocycles. The molecule has 0 fully saturated rings. The van der Waals surface area contributed by atoms with Gasteiger partial charge in [0.1, 0.15) is 5.82 Å². The third kappa shape index (κ3) is 3.09. The van der Waals surface area contributed by atoms with E-state index >= 15 is 0 Å². The molecule has 30 heavy (non-hydrogen) atoms. The number of rotatable bonds is 5. The summed E-state index contributed by atoms with van der Waals surface area (Å²) in [6, 6.07) is 7.22. The Morgan fingerprint density at radius 2 is 1.70 bits per heavy atom. The second kappa shape index (κ2) is 7.63. The summed E-state index contributed by atoms with van der Waals surface area (Å²) >= 11 is 2.16. The van der Waals surface area contributed by atoms with Gasteiger partial charge in [0.15, 0.2) is 11.5 Å². The molecule has 0 aliphatic carbocycles. The summed E-state index contributed by atoms with van der Waals surface area (Å²) in [4.78, 5) is 25.5. The summed E-state index contributed by atoms with van der Waals surface area (Å²) in [5.41, 5.74) is 1.71. The van der Waals surface area contributed by atoms with Gasteiger partial charge in [0.2, 0.25) is 5.75 Å². The molecule has 3 aromatic rings. The molecule has 0 unspecified atom stereocenters. The highest BCUT2D eigenvalue weighted by atomic mass is 127.